The van der Waals surface area contributed by atoms with Gasteiger partial charge >= 0.3 is 0 Å². The number of hydrogen-bond donors (Lipinski definition) is 0. The number of halogens is 2. The lowest BCUT2D eigenvalue weighted by molar-refractivity contribution is 0.489. The van der Waals surface area contributed by atoms with Crippen LogP contribution in [0.15, 0.2) is 58.3 Å². The summed E-state index contributed by atoms with van der Waals surface area (Å²) in [7, 11) is 0. The van der Waals surface area contributed by atoms with Crippen molar-refractivity contribution in [2.75, 3.05) is 0 Å². The molecule has 0 amide bonds. The molecule has 126 valence electrons. The highest BCUT2D eigenvalue weighted by atomic mass is 32.2. The van der Waals surface area contributed by atoms with Crippen molar-refractivity contribution in [3.63, 3.8) is 0 Å². The molecule has 0 bridgehead atoms. The van der Waals surface area contributed by atoms with Gasteiger partial charge in [-0.2, -0.15) is 0 Å². The molecule has 8 heteroatoms. The van der Waals surface area contributed by atoms with E-state index in [2.05, 4.69) is 15.3 Å². The van der Waals surface area contributed by atoms with E-state index in [0.717, 1.165) is 22.9 Å². The smallest absolute Gasteiger partial charge is 0.257 e. The van der Waals surface area contributed by atoms with Gasteiger partial charge in [0.15, 0.2) is 5.58 Å². The average molecular weight is 358 g/mol. The van der Waals surface area contributed by atoms with Crippen molar-refractivity contribution >= 4 is 22.9 Å². The zero-order chi connectivity index (χ0) is 17.2. The maximum atomic E-state index is 13.7. The Morgan fingerprint density at radius 2 is 2.00 bits per heavy atom. The van der Waals surface area contributed by atoms with Crippen molar-refractivity contribution in [3.05, 3.63) is 71.6 Å². The second kappa shape index (κ2) is 6.64. The molecule has 4 rings (SSSR count). The minimum absolute atomic E-state index is 0.187. The van der Waals surface area contributed by atoms with Gasteiger partial charge < -0.3 is 4.42 Å². The van der Waals surface area contributed by atoms with Crippen molar-refractivity contribution in [1.29, 1.82) is 0 Å². The number of fused-ring (bicyclic) bond motifs is 1. The molecule has 0 aliphatic carbocycles. The highest BCUT2D eigenvalue weighted by Crippen LogP contribution is 2.25. The van der Waals surface area contributed by atoms with Crippen LogP contribution in [0.2, 0.25) is 0 Å². The summed E-state index contributed by atoms with van der Waals surface area (Å²) in [6, 6.07) is 11.0. The Balaban J connectivity index is 1.42. The molecule has 4 aromatic rings. The van der Waals surface area contributed by atoms with E-state index in [1.807, 2.05) is 24.3 Å². The van der Waals surface area contributed by atoms with Crippen molar-refractivity contribution < 1.29 is 13.2 Å². The predicted octanol–water partition coefficient (Wildman–Crippen LogP) is 4.04. The summed E-state index contributed by atoms with van der Waals surface area (Å²) in [5.74, 6) is -0.674. The Morgan fingerprint density at radius 1 is 1.12 bits per heavy atom. The summed E-state index contributed by atoms with van der Waals surface area (Å²) >= 11 is 1.41. The number of nitrogens with zero attached hydrogens (tertiary/aromatic N) is 4. The van der Waals surface area contributed by atoms with Crippen LogP contribution >= 0.6 is 11.8 Å². The van der Waals surface area contributed by atoms with Crippen LogP contribution in [-0.4, -0.2) is 20.0 Å². The first-order valence-electron chi connectivity index (χ1n) is 7.49. The Labute approximate surface area is 145 Å². The van der Waals surface area contributed by atoms with Gasteiger partial charge in [0.25, 0.3) is 5.22 Å². The summed E-state index contributed by atoms with van der Waals surface area (Å²) in [5.41, 5.74) is 2.61. The third kappa shape index (κ3) is 3.53. The van der Waals surface area contributed by atoms with Crippen molar-refractivity contribution in [2.24, 2.45) is 0 Å². The van der Waals surface area contributed by atoms with Crippen LogP contribution < -0.4 is 0 Å². The van der Waals surface area contributed by atoms with Gasteiger partial charge in [0.1, 0.15) is 17.2 Å². The minimum atomic E-state index is -0.602. The summed E-state index contributed by atoms with van der Waals surface area (Å²) in [4.78, 5) is 4.38. The lowest BCUT2D eigenvalue weighted by atomic mass is 10.2. The second-order valence-corrected chi connectivity index (χ2v) is 6.31. The quantitative estimate of drug-likeness (QED) is 0.504. The van der Waals surface area contributed by atoms with Crippen LogP contribution in [0.3, 0.4) is 0 Å². The average Bonchev–Trinajstić information content (AvgIpc) is 3.21. The van der Waals surface area contributed by atoms with Gasteiger partial charge in [-0.1, -0.05) is 35.2 Å². The summed E-state index contributed by atoms with van der Waals surface area (Å²) in [6.45, 7) is 0.187. The molecule has 0 saturated carbocycles. The van der Waals surface area contributed by atoms with E-state index in [-0.39, 0.29) is 6.54 Å². The number of rotatable bonds is 5. The molecule has 0 spiro atoms. The van der Waals surface area contributed by atoms with E-state index >= 15 is 0 Å². The molecular formula is C17H12F2N4OS. The number of aromatic nitrogens is 4. The molecule has 5 nitrogen and oxygen atoms in total. The van der Waals surface area contributed by atoms with Crippen LogP contribution in [0.25, 0.3) is 11.1 Å². The van der Waals surface area contributed by atoms with Gasteiger partial charge in [-0.05, 0) is 18.2 Å². The molecule has 0 atom stereocenters. The third-order valence-electron chi connectivity index (χ3n) is 3.55. The molecule has 2 heterocycles. The van der Waals surface area contributed by atoms with Gasteiger partial charge in [-0.25, -0.2) is 18.4 Å². The van der Waals surface area contributed by atoms with E-state index in [9.17, 15) is 8.78 Å². The lowest BCUT2D eigenvalue weighted by Gasteiger charge is -2.02. The Hall–Kier alpha value is -2.74. The molecule has 2 aromatic heterocycles. The van der Waals surface area contributed by atoms with E-state index < -0.39 is 11.6 Å². The summed E-state index contributed by atoms with van der Waals surface area (Å²) in [5, 5.41) is 8.58. The summed E-state index contributed by atoms with van der Waals surface area (Å²) in [6.07, 6.45) is 1.72. The Morgan fingerprint density at radius 3 is 2.84 bits per heavy atom. The first-order valence-corrected chi connectivity index (χ1v) is 8.47. The number of oxazole rings is 1. The molecule has 0 aliphatic rings. The van der Waals surface area contributed by atoms with E-state index in [1.54, 1.807) is 6.20 Å². The standard InChI is InChI=1S/C17H12F2N4OS/c18-12-6-5-11(14(19)7-12)8-23-9-13(21-22-23)10-25-17-20-15-3-1-2-4-16(15)24-17/h1-7,9H,8,10H2. The van der Waals surface area contributed by atoms with Crippen molar-refractivity contribution in [1.82, 2.24) is 20.0 Å². The molecule has 0 saturated heterocycles. The molecule has 0 unspecified atom stereocenters. The van der Waals surface area contributed by atoms with Gasteiger partial charge in [-0.3, -0.25) is 0 Å². The number of benzene rings is 2. The van der Waals surface area contributed by atoms with Gasteiger partial charge in [-0.15, -0.1) is 5.10 Å². The molecule has 0 fully saturated rings. The molecule has 25 heavy (non-hydrogen) atoms. The lowest BCUT2D eigenvalue weighted by Crippen LogP contribution is -2.03. The monoisotopic (exact) mass is 358 g/mol. The maximum Gasteiger partial charge on any atom is 0.257 e. The molecule has 0 radical (unpaired) electrons. The number of thioether (sulfide) groups is 1. The summed E-state index contributed by atoms with van der Waals surface area (Å²) < 4.78 is 33.8. The Kier molecular flexibility index (Phi) is 4.19. The predicted molar refractivity (Wildman–Crippen MR) is 89.1 cm³/mol. The largest absolute Gasteiger partial charge is 0.431 e. The minimum Gasteiger partial charge on any atom is -0.431 e. The van der Waals surface area contributed by atoms with Crippen LogP contribution in [0.5, 0.6) is 0 Å². The highest BCUT2D eigenvalue weighted by Gasteiger charge is 2.10. The van der Waals surface area contributed by atoms with Crippen LogP contribution in [-0.2, 0) is 12.3 Å². The number of hydrogen-bond acceptors (Lipinski definition) is 5. The zero-order valence-corrected chi connectivity index (χ0v) is 13.7. The third-order valence-corrected chi connectivity index (χ3v) is 4.41. The van der Waals surface area contributed by atoms with Crippen LogP contribution in [0.1, 0.15) is 11.3 Å². The fraction of sp³-hybridized carbons (Fsp3) is 0.118. The van der Waals surface area contributed by atoms with Crippen molar-refractivity contribution in [3.8, 4) is 0 Å². The molecule has 2 aromatic carbocycles. The van der Waals surface area contributed by atoms with Crippen molar-refractivity contribution in [2.45, 2.75) is 17.5 Å². The molecular weight excluding hydrogens is 346 g/mol. The first kappa shape index (κ1) is 15.8. The van der Waals surface area contributed by atoms with E-state index in [4.69, 9.17) is 4.42 Å². The Bertz CT molecular complexity index is 997. The SMILES string of the molecule is Fc1ccc(Cn2cc(CSc3nc4ccccc4o3)nn2)c(F)c1. The van der Waals surface area contributed by atoms with E-state index in [0.29, 0.717) is 16.5 Å². The molecule has 0 N–H and O–H groups in total. The zero-order valence-electron chi connectivity index (χ0n) is 12.9. The maximum absolute atomic E-state index is 13.7. The van der Waals surface area contributed by atoms with Gasteiger partial charge in [0, 0.05) is 23.6 Å². The normalized spacial score (nSPS) is 11.3. The fourth-order valence-corrected chi connectivity index (χ4v) is 3.07. The van der Waals surface area contributed by atoms with Gasteiger partial charge in [0.05, 0.1) is 12.2 Å². The fourth-order valence-electron chi connectivity index (χ4n) is 2.35. The topological polar surface area (TPSA) is 56.7 Å². The van der Waals surface area contributed by atoms with Gasteiger partial charge in [0.2, 0.25) is 0 Å². The number of para-hydroxylation sites is 2. The first-order chi connectivity index (χ1) is 12.2. The highest BCUT2D eigenvalue weighted by molar-refractivity contribution is 7.98. The van der Waals surface area contributed by atoms with E-state index in [1.165, 1.54) is 28.6 Å². The van der Waals surface area contributed by atoms with Crippen LogP contribution in [0.4, 0.5) is 8.78 Å². The van der Waals surface area contributed by atoms with Crippen LogP contribution in [0, 0.1) is 11.6 Å². The molecule has 0 aliphatic heterocycles. The second-order valence-electron chi connectivity index (χ2n) is 5.38.